The Balaban J connectivity index is 1.89. The van der Waals surface area contributed by atoms with Gasteiger partial charge in [-0.1, -0.05) is 29.8 Å². The molecular formula is C12H15. The van der Waals surface area contributed by atoms with Crippen molar-refractivity contribution in [2.45, 2.75) is 26.2 Å². The minimum atomic E-state index is 0.936. The van der Waals surface area contributed by atoms with Gasteiger partial charge in [0, 0.05) is 0 Å². The maximum atomic E-state index is 2.40. The summed E-state index contributed by atoms with van der Waals surface area (Å²) < 4.78 is 0. The lowest BCUT2D eigenvalue weighted by Crippen LogP contribution is -1.86. The highest BCUT2D eigenvalue weighted by Crippen LogP contribution is 2.31. The molecule has 2 rings (SSSR count). The standard InChI is InChI=1S/C12H15/c1-10-2-4-11(5-3-10)6-7-12-8-9-12/h2-5,8,12H,6-7,9H2,1H3. The number of hydrogen-bond acceptors (Lipinski definition) is 0. The van der Waals surface area contributed by atoms with Crippen LogP contribution in [-0.4, -0.2) is 0 Å². The van der Waals surface area contributed by atoms with Gasteiger partial charge in [-0.15, -0.1) is 0 Å². The monoisotopic (exact) mass is 159 g/mol. The van der Waals surface area contributed by atoms with Gasteiger partial charge in [0.1, 0.15) is 0 Å². The zero-order valence-corrected chi connectivity index (χ0v) is 7.59. The summed E-state index contributed by atoms with van der Waals surface area (Å²) in [7, 11) is 0. The number of aryl methyl sites for hydroxylation is 2. The van der Waals surface area contributed by atoms with Gasteiger partial charge >= 0.3 is 0 Å². The van der Waals surface area contributed by atoms with Crippen molar-refractivity contribution >= 4 is 0 Å². The Morgan fingerprint density at radius 2 is 1.92 bits per heavy atom. The summed E-state index contributed by atoms with van der Waals surface area (Å²) in [6, 6.07) is 8.90. The van der Waals surface area contributed by atoms with Crippen LogP contribution in [0, 0.1) is 19.3 Å². The zero-order chi connectivity index (χ0) is 8.39. The largest absolute Gasteiger partial charge is 0.0591 e. The van der Waals surface area contributed by atoms with Crippen LogP contribution in [0.4, 0.5) is 0 Å². The highest BCUT2D eigenvalue weighted by atomic mass is 14.3. The van der Waals surface area contributed by atoms with E-state index in [1.54, 1.807) is 0 Å². The van der Waals surface area contributed by atoms with Crippen LogP contribution < -0.4 is 0 Å². The van der Waals surface area contributed by atoms with Gasteiger partial charge in [0.2, 0.25) is 0 Å². The van der Waals surface area contributed by atoms with E-state index in [9.17, 15) is 0 Å². The lowest BCUT2D eigenvalue weighted by Gasteiger charge is -1.99. The van der Waals surface area contributed by atoms with E-state index >= 15 is 0 Å². The Hall–Kier alpha value is -0.780. The first kappa shape index (κ1) is 7.85. The van der Waals surface area contributed by atoms with Gasteiger partial charge in [0.25, 0.3) is 0 Å². The van der Waals surface area contributed by atoms with Gasteiger partial charge in [-0.25, -0.2) is 0 Å². The van der Waals surface area contributed by atoms with E-state index in [1.165, 1.54) is 30.4 Å². The first-order valence-electron chi connectivity index (χ1n) is 4.73. The molecule has 0 spiro atoms. The first-order valence-corrected chi connectivity index (χ1v) is 4.73. The maximum absolute atomic E-state index is 2.40. The van der Waals surface area contributed by atoms with E-state index in [0.29, 0.717) is 0 Å². The van der Waals surface area contributed by atoms with E-state index in [0.717, 1.165) is 5.92 Å². The van der Waals surface area contributed by atoms with Gasteiger partial charge in [-0.3, -0.25) is 0 Å². The highest BCUT2D eigenvalue weighted by Gasteiger charge is 2.20. The Kier molecular flexibility index (Phi) is 2.16. The van der Waals surface area contributed by atoms with Crippen molar-refractivity contribution in [3.8, 4) is 0 Å². The van der Waals surface area contributed by atoms with Crippen LogP contribution in [0.1, 0.15) is 24.0 Å². The topological polar surface area (TPSA) is 0 Å². The van der Waals surface area contributed by atoms with Crippen molar-refractivity contribution in [1.29, 1.82) is 0 Å². The van der Waals surface area contributed by atoms with E-state index < -0.39 is 0 Å². The van der Waals surface area contributed by atoms with Crippen LogP contribution >= 0.6 is 0 Å². The van der Waals surface area contributed by atoms with Crippen molar-refractivity contribution in [2.75, 3.05) is 0 Å². The Morgan fingerprint density at radius 3 is 2.50 bits per heavy atom. The summed E-state index contributed by atoms with van der Waals surface area (Å²) in [5.41, 5.74) is 2.85. The van der Waals surface area contributed by atoms with Crippen molar-refractivity contribution in [1.82, 2.24) is 0 Å². The second-order valence-corrected chi connectivity index (χ2v) is 3.76. The molecular weight excluding hydrogens is 144 g/mol. The third-order valence-corrected chi connectivity index (χ3v) is 2.49. The van der Waals surface area contributed by atoms with Crippen molar-refractivity contribution in [3.05, 3.63) is 41.8 Å². The smallest absolute Gasteiger partial charge is 0.0276 e. The summed E-state index contributed by atoms with van der Waals surface area (Å²) >= 11 is 0. The average Bonchev–Trinajstić information content (AvgIpc) is 2.87. The molecule has 0 N–H and O–H groups in total. The molecule has 1 aromatic rings. The molecule has 1 atom stereocenters. The van der Waals surface area contributed by atoms with Gasteiger partial charge in [-0.2, -0.15) is 0 Å². The van der Waals surface area contributed by atoms with Gasteiger partial charge < -0.3 is 0 Å². The molecule has 63 valence electrons. The molecule has 0 saturated heterocycles. The second-order valence-electron chi connectivity index (χ2n) is 3.76. The van der Waals surface area contributed by atoms with Crippen molar-refractivity contribution in [2.24, 2.45) is 5.92 Å². The highest BCUT2D eigenvalue weighted by molar-refractivity contribution is 5.21. The summed E-state index contributed by atoms with van der Waals surface area (Å²) in [6.07, 6.45) is 6.35. The summed E-state index contributed by atoms with van der Waals surface area (Å²) in [6.45, 7) is 2.14. The minimum Gasteiger partial charge on any atom is -0.0591 e. The fraction of sp³-hybridized carbons (Fsp3) is 0.417. The molecule has 0 nitrogen and oxygen atoms in total. The Morgan fingerprint density at radius 1 is 1.25 bits per heavy atom. The van der Waals surface area contributed by atoms with Gasteiger partial charge in [0.15, 0.2) is 0 Å². The zero-order valence-electron chi connectivity index (χ0n) is 7.59. The van der Waals surface area contributed by atoms with Crippen LogP contribution in [0.3, 0.4) is 0 Å². The molecule has 1 unspecified atom stereocenters. The quantitative estimate of drug-likeness (QED) is 0.635. The average molecular weight is 159 g/mol. The SMILES string of the molecule is Cc1ccc(CCC2[CH]C2)cc1. The molecule has 12 heavy (non-hydrogen) atoms. The molecule has 0 aliphatic heterocycles. The summed E-state index contributed by atoms with van der Waals surface area (Å²) in [4.78, 5) is 0. The van der Waals surface area contributed by atoms with Crippen LogP contribution in [0.2, 0.25) is 0 Å². The predicted molar refractivity (Wildman–Crippen MR) is 51.9 cm³/mol. The third kappa shape index (κ3) is 2.10. The van der Waals surface area contributed by atoms with Crippen LogP contribution in [0.15, 0.2) is 24.3 Å². The lowest BCUT2D eigenvalue weighted by molar-refractivity contribution is 0.746. The van der Waals surface area contributed by atoms with E-state index in [4.69, 9.17) is 0 Å². The summed E-state index contributed by atoms with van der Waals surface area (Å²) in [5, 5.41) is 0. The molecule has 1 aromatic carbocycles. The fourth-order valence-corrected chi connectivity index (χ4v) is 1.44. The number of benzene rings is 1. The van der Waals surface area contributed by atoms with Crippen LogP contribution in [0.25, 0.3) is 0 Å². The van der Waals surface area contributed by atoms with E-state index in [2.05, 4.69) is 37.6 Å². The minimum absolute atomic E-state index is 0.936. The maximum Gasteiger partial charge on any atom is -0.0276 e. The molecule has 0 heterocycles. The van der Waals surface area contributed by atoms with Crippen molar-refractivity contribution in [3.63, 3.8) is 0 Å². The molecule has 0 aromatic heterocycles. The van der Waals surface area contributed by atoms with Gasteiger partial charge in [-0.05, 0) is 44.1 Å². The van der Waals surface area contributed by atoms with Crippen LogP contribution in [-0.2, 0) is 6.42 Å². The fourth-order valence-electron chi connectivity index (χ4n) is 1.44. The number of hydrogen-bond donors (Lipinski definition) is 0. The molecule has 0 bridgehead atoms. The molecule has 1 fully saturated rings. The second kappa shape index (κ2) is 3.30. The Labute approximate surface area is 74.6 Å². The molecule has 0 amide bonds. The van der Waals surface area contributed by atoms with Crippen LogP contribution in [0.5, 0.6) is 0 Å². The predicted octanol–water partition coefficient (Wildman–Crippen LogP) is 3.15. The lowest BCUT2D eigenvalue weighted by atomic mass is 10.1. The molecule has 1 saturated carbocycles. The molecule has 1 aliphatic rings. The normalized spacial score (nSPS) is 16.4. The van der Waals surface area contributed by atoms with E-state index in [-0.39, 0.29) is 0 Å². The number of rotatable bonds is 3. The molecule has 1 aliphatic carbocycles. The van der Waals surface area contributed by atoms with Crippen molar-refractivity contribution < 1.29 is 0 Å². The Bertz CT molecular complexity index is 241. The van der Waals surface area contributed by atoms with E-state index in [1.807, 2.05) is 0 Å². The molecule has 1 radical (unpaired) electrons. The van der Waals surface area contributed by atoms with Gasteiger partial charge in [0.05, 0.1) is 0 Å². The molecule has 0 heteroatoms. The third-order valence-electron chi connectivity index (χ3n) is 2.49. The summed E-state index contributed by atoms with van der Waals surface area (Å²) in [5.74, 6) is 0.936. The first-order chi connectivity index (χ1) is 5.84.